The number of aliphatic hydroxyl groups is 3. The van der Waals surface area contributed by atoms with Crippen LogP contribution in [-0.4, -0.2) is 123 Å². The smallest absolute Gasteiger partial charge is 0.305 e. The molecule has 0 bridgehead atoms. The predicted octanol–water partition coefficient (Wildman–Crippen LogP) is 5.85. The highest BCUT2D eigenvalue weighted by molar-refractivity contribution is 6.28. The number of alkyl halides is 5. The summed E-state index contributed by atoms with van der Waals surface area (Å²) < 4.78 is 79.0. The molecule has 21 nitrogen and oxygen atoms in total. The zero-order valence-corrected chi connectivity index (χ0v) is 42.6. The first-order valence-electron chi connectivity index (χ1n) is 23.6. The first-order valence-corrected chi connectivity index (χ1v) is 24.0. The van der Waals surface area contributed by atoms with E-state index < -0.39 is 77.2 Å². The highest BCUT2D eigenvalue weighted by atomic mass is 35.5. The lowest BCUT2D eigenvalue weighted by Crippen LogP contribution is -2.40. The topological polar surface area (TPSA) is 283 Å². The highest BCUT2D eigenvalue weighted by Gasteiger charge is 2.60. The van der Waals surface area contributed by atoms with Gasteiger partial charge in [-0.3, -0.25) is 48.9 Å². The molecule has 76 heavy (non-hydrogen) atoms. The molecule has 6 atom stereocenters. The molecule has 2 saturated heterocycles. The maximum absolute atomic E-state index is 14.1. The number of carbonyl (C=O) groups excluding carboxylic acids is 2. The highest BCUT2D eigenvalue weighted by Crippen LogP contribution is 2.45. The summed E-state index contributed by atoms with van der Waals surface area (Å²) in [6.07, 6.45) is -8.75. The summed E-state index contributed by atoms with van der Waals surface area (Å²) in [5.41, 5.74) is 1.09. The minimum atomic E-state index is -3.70. The van der Waals surface area contributed by atoms with Crippen LogP contribution in [0.5, 0.6) is 11.5 Å². The van der Waals surface area contributed by atoms with Gasteiger partial charge in [-0.25, -0.2) is 27.5 Å². The number of rotatable bonds is 13. The number of benzene rings is 3. The zero-order valence-electron chi connectivity index (χ0n) is 41.9. The van der Waals surface area contributed by atoms with Crippen molar-refractivity contribution in [2.45, 2.75) is 94.6 Å². The molecular weight excluding hydrogens is 1030 g/mol. The van der Waals surface area contributed by atoms with Crippen LogP contribution in [0.25, 0.3) is 22.3 Å². The number of methoxy groups -OCH3 is 2. The van der Waals surface area contributed by atoms with E-state index in [9.17, 15) is 47.0 Å². The normalized spacial score (nSPS) is 20.7. The third-order valence-corrected chi connectivity index (χ3v) is 13.1. The van der Waals surface area contributed by atoms with Gasteiger partial charge in [0.1, 0.15) is 28.6 Å². The Morgan fingerprint density at radius 3 is 1.42 bits per heavy atom. The molecule has 4 aromatic heterocycles. The zero-order chi connectivity index (χ0) is 55.4. The third-order valence-electron chi connectivity index (χ3n) is 12.4. The summed E-state index contributed by atoms with van der Waals surface area (Å²) in [4.78, 5) is 67.4. The maximum Gasteiger partial charge on any atom is 0.305 e. The Kier molecular flexibility index (Phi) is 17.0. The molecule has 2 aliphatic rings. The van der Waals surface area contributed by atoms with E-state index in [2.05, 4.69) is 40.5 Å². The van der Waals surface area contributed by atoms with Crippen molar-refractivity contribution in [2.24, 2.45) is 11.8 Å². The summed E-state index contributed by atoms with van der Waals surface area (Å²) in [5.74, 6) is -7.42. The van der Waals surface area contributed by atoms with E-state index in [0.29, 0.717) is 0 Å². The van der Waals surface area contributed by atoms with Gasteiger partial charge in [0.2, 0.25) is 23.7 Å². The van der Waals surface area contributed by atoms with Gasteiger partial charge in [0.05, 0.1) is 33.5 Å². The van der Waals surface area contributed by atoms with E-state index in [1.807, 2.05) is 78.9 Å². The van der Waals surface area contributed by atoms with Gasteiger partial charge in [0.15, 0.2) is 47.0 Å². The van der Waals surface area contributed by atoms with Crippen molar-refractivity contribution in [1.82, 2.24) is 39.0 Å². The first kappa shape index (κ1) is 56.4. The minimum absolute atomic E-state index is 0.00308. The molecule has 26 heteroatoms. The van der Waals surface area contributed by atoms with Crippen LogP contribution in [0.4, 0.5) is 29.5 Å². The van der Waals surface area contributed by atoms with Crippen LogP contribution in [-0.2, 0) is 23.9 Å². The number of amides is 2. The molecule has 7 aromatic rings. The number of carbonyl (C=O) groups is 2. The molecule has 406 valence electrons. The number of hydrogen-bond donors (Lipinski definition) is 7. The Labute approximate surface area is 435 Å². The lowest BCUT2D eigenvalue weighted by molar-refractivity contribution is -0.123. The van der Waals surface area contributed by atoms with Crippen molar-refractivity contribution < 1.29 is 61.4 Å². The molecule has 7 N–H and O–H groups in total. The standard InChI is InChI=1S/C21H19ClO2.C15H19F2N5O4.C14H17F2N5O5/c1-23-19-12-8-17(9-13-19)21(22,16-6-4-3-5-7-16)18-10-14-20(24-2)15-11-18;1-4-7-15(16,17)9(23)13(26-7)22-5-18-8-10(22)19-14(21-12(8)25)20-11(24)6(2)3;1-5(2)10(24)19-13-18-9-7(11(25)20-13)17-4-21(9)12-8(23)14(15,16)6(3-22)26-12/h3-15H,1-2H3;5-7,9,13,23H,4H2,1-3H3,(H2,19,20,21,24,25);4-6,8,12,22-23H,3H2,1-2H3,(H2,18,19,20,24,25)/t;7-,9+,13-;6-,8+,12-/m.11/s1. The Balaban J connectivity index is 0.000000166. The summed E-state index contributed by atoms with van der Waals surface area (Å²) in [6.45, 7) is 7.10. The molecule has 0 unspecified atom stereocenters. The summed E-state index contributed by atoms with van der Waals surface area (Å²) in [5, 5.41) is 33.7. The van der Waals surface area contributed by atoms with Crippen LogP contribution in [0, 0.1) is 11.8 Å². The number of halogens is 5. The molecule has 0 spiro atoms. The van der Waals surface area contributed by atoms with Crippen molar-refractivity contribution >= 4 is 57.6 Å². The number of hydrogen-bond acceptors (Lipinski definition) is 15. The van der Waals surface area contributed by atoms with Gasteiger partial charge in [-0.15, -0.1) is 11.6 Å². The fourth-order valence-electron chi connectivity index (χ4n) is 8.07. The maximum atomic E-state index is 14.1. The molecule has 2 amide bonds. The van der Waals surface area contributed by atoms with Gasteiger partial charge in [-0.1, -0.05) is 89.2 Å². The van der Waals surface area contributed by atoms with Crippen LogP contribution < -0.4 is 31.2 Å². The number of ether oxygens (including phenoxy) is 4. The number of aromatic nitrogens is 8. The first-order chi connectivity index (χ1) is 36.0. The molecule has 0 saturated carbocycles. The summed E-state index contributed by atoms with van der Waals surface area (Å²) in [6, 6.07) is 25.8. The Morgan fingerprint density at radius 1 is 0.697 bits per heavy atom. The summed E-state index contributed by atoms with van der Waals surface area (Å²) in [7, 11) is 3.31. The van der Waals surface area contributed by atoms with E-state index in [1.54, 1.807) is 41.9 Å². The van der Waals surface area contributed by atoms with Gasteiger partial charge < -0.3 is 34.3 Å². The molecular formula is C50H55ClF4N10O11. The molecule has 2 fully saturated rings. The van der Waals surface area contributed by atoms with Crippen molar-refractivity contribution in [1.29, 1.82) is 0 Å². The van der Waals surface area contributed by atoms with Crippen LogP contribution in [0.2, 0.25) is 0 Å². The van der Waals surface area contributed by atoms with Gasteiger partial charge in [0.25, 0.3) is 11.1 Å². The van der Waals surface area contributed by atoms with Gasteiger partial charge in [-0.2, -0.15) is 9.97 Å². The van der Waals surface area contributed by atoms with E-state index in [0.717, 1.165) is 50.0 Å². The second-order valence-electron chi connectivity index (χ2n) is 18.1. The minimum Gasteiger partial charge on any atom is -0.497 e. The fourth-order valence-corrected chi connectivity index (χ4v) is 8.45. The molecule has 0 radical (unpaired) electrons. The largest absolute Gasteiger partial charge is 0.497 e. The van der Waals surface area contributed by atoms with E-state index in [-0.39, 0.29) is 58.4 Å². The van der Waals surface area contributed by atoms with Gasteiger partial charge in [0, 0.05) is 11.8 Å². The summed E-state index contributed by atoms with van der Waals surface area (Å²) >= 11 is 7.22. The third kappa shape index (κ3) is 11.2. The van der Waals surface area contributed by atoms with Gasteiger partial charge >= 0.3 is 11.8 Å². The Hall–Kier alpha value is -7.29. The lowest BCUT2D eigenvalue weighted by Gasteiger charge is -2.29. The van der Waals surface area contributed by atoms with Crippen LogP contribution >= 0.6 is 11.6 Å². The van der Waals surface area contributed by atoms with Crippen molar-refractivity contribution in [3.63, 3.8) is 0 Å². The van der Waals surface area contributed by atoms with Crippen LogP contribution in [0.1, 0.15) is 70.2 Å². The Bertz CT molecular complexity index is 3070. The number of nitrogens with zero attached hydrogens (tertiary/aromatic N) is 6. The van der Waals surface area contributed by atoms with Crippen molar-refractivity contribution in [2.75, 3.05) is 31.5 Å². The number of aliphatic hydroxyl groups excluding tert-OH is 3. The Morgan fingerprint density at radius 2 is 1.08 bits per heavy atom. The molecule has 9 rings (SSSR count). The molecule has 0 aliphatic carbocycles. The fraction of sp³-hybridized carbons (Fsp3) is 0.400. The number of imidazole rings is 2. The van der Waals surface area contributed by atoms with E-state index >= 15 is 0 Å². The average molecular weight is 1080 g/mol. The lowest BCUT2D eigenvalue weighted by atomic mass is 9.84. The van der Waals surface area contributed by atoms with E-state index in [1.165, 1.54) is 6.92 Å². The van der Waals surface area contributed by atoms with Crippen LogP contribution in [0.3, 0.4) is 0 Å². The molecule has 3 aromatic carbocycles. The second kappa shape index (κ2) is 22.9. The van der Waals surface area contributed by atoms with Crippen molar-refractivity contribution in [3.8, 4) is 11.5 Å². The molecule has 6 heterocycles. The van der Waals surface area contributed by atoms with E-state index in [4.69, 9.17) is 35.7 Å². The average Bonchev–Trinajstić information content (AvgIpc) is 4.15. The SMILES string of the molecule is CC(C)C(=O)Nc1nc2c(ncn2[C@@H]2O[C@H](CO)C(F)(F)[C@H]2O)c(=O)[nH]1.CC[C@H]1O[C@@H](n2cnc3c(=O)[nH]c(NC(=O)C(C)C)nc32)[C@H](O)C1(F)F.COc1ccc(C(Cl)(c2ccccc2)c2ccc(OC)cc2)cc1. The van der Waals surface area contributed by atoms with Gasteiger partial charge in [-0.05, 0) is 47.4 Å². The second-order valence-corrected chi connectivity index (χ2v) is 18.7. The quantitative estimate of drug-likeness (QED) is 0.0405. The predicted molar refractivity (Wildman–Crippen MR) is 269 cm³/mol. The monoisotopic (exact) mass is 1080 g/mol. The number of anilines is 2. The number of aromatic amines is 2. The molecule has 2 aliphatic heterocycles. The van der Waals surface area contributed by atoms with Crippen molar-refractivity contribution in [3.05, 3.63) is 129 Å². The number of nitrogens with one attached hydrogen (secondary N) is 4. The number of H-pyrrole nitrogens is 2. The number of fused-ring (bicyclic) bond motifs is 2. The van der Waals surface area contributed by atoms with Crippen LogP contribution in [0.15, 0.2) is 101 Å².